The molecule has 5 aliphatic rings. The van der Waals surface area contributed by atoms with Crippen molar-refractivity contribution in [3.05, 3.63) is 0 Å². The van der Waals surface area contributed by atoms with E-state index in [2.05, 4.69) is 32.6 Å². The fourth-order valence-electron chi connectivity index (χ4n) is 4.61. The van der Waals surface area contributed by atoms with E-state index in [0.29, 0.717) is 0 Å². The van der Waals surface area contributed by atoms with Gasteiger partial charge < -0.3 is 19.2 Å². The Labute approximate surface area is 127 Å². The minimum Gasteiger partial charge on any atom is -0.403 e. The summed E-state index contributed by atoms with van der Waals surface area (Å²) in [5, 5.41) is 9.43. The molecule has 5 fully saturated rings. The van der Waals surface area contributed by atoms with Crippen LogP contribution in [0.15, 0.2) is 0 Å². The van der Waals surface area contributed by atoms with Gasteiger partial charge in [0.25, 0.3) is 0 Å². The smallest absolute Gasteiger partial charge is 0.403 e. The standard InChI is InChI=1S/C15H26BNO4/c1-12(2)13(3,4)21-16(20-12)14-7-15(8-14)10-19-11(6-18)5-17(15)9-14/h11,18H,5-10H2,1-4H3. The first-order valence-corrected chi connectivity index (χ1v) is 8.05. The molecule has 118 valence electrons. The molecule has 4 heterocycles. The van der Waals surface area contributed by atoms with E-state index in [-0.39, 0.29) is 41.9 Å². The Morgan fingerprint density at radius 2 is 1.76 bits per heavy atom. The number of rotatable bonds is 2. The van der Waals surface area contributed by atoms with Crippen molar-refractivity contribution in [3.8, 4) is 0 Å². The summed E-state index contributed by atoms with van der Waals surface area (Å²) in [6, 6.07) is 0. The molecule has 5 rings (SSSR count). The average Bonchev–Trinajstić information content (AvgIpc) is 2.93. The number of hydrogen-bond acceptors (Lipinski definition) is 5. The van der Waals surface area contributed by atoms with E-state index >= 15 is 0 Å². The van der Waals surface area contributed by atoms with Crippen molar-refractivity contribution in [1.29, 1.82) is 0 Å². The summed E-state index contributed by atoms with van der Waals surface area (Å²) in [5.41, 5.74) is -0.347. The molecule has 2 bridgehead atoms. The fraction of sp³-hybridized carbons (Fsp3) is 1.00. The quantitative estimate of drug-likeness (QED) is 0.772. The highest BCUT2D eigenvalue weighted by Crippen LogP contribution is 2.68. The SMILES string of the molecule is CC1(C)OB(C23CN4CC(CO)OCC4(C2)C3)OC1(C)C. The molecular weight excluding hydrogens is 269 g/mol. The van der Waals surface area contributed by atoms with Gasteiger partial charge in [-0.05, 0) is 40.5 Å². The molecule has 4 saturated heterocycles. The van der Waals surface area contributed by atoms with Gasteiger partial charge in [0.05, 0.1) is 30.5 Å². The lowest BCUT2D eigenvalue weighted by Gasteiger charge is -2.51. The molecule has 1 aliphatic carbocycles. The van der Waals surface area contributed by atoms with Crippen LogP contribution >= 0.6 is 0 Å². The second-order valence-corrected chi connectivity index (χ2v) is 8.52. The number of ether oxygens (including phenoxy) is 1. The first-order chi connectivity index (χ1) is 9.72. The Balaban J connectivity index is 1.53. The van der Waals surface area contributed by atoms with E-state index in [1.807, 2.05) is 0 Å². The summed E-state index contributed by atoms with van der Waals surface area (Å²) < 4.78 is 18.4. The second kappa shape index (κ2) is 4.03. The number of aliphatic hydroxyl groups is 1. The Bertz CT molecular complexity index is 445. The zero-order valence-electron chi connectivity index (χ0n) is 13.5. The molecule has 21 heavy (non-hydrogen) atoms. The van der Waals surface area contributed by atoms with Crippen molar-refractivity contribution in [2.45, 2.75) is 68.7 Å². The Hall–Kier alpha value is -0.135. The summed E-state index contributed by atoms with van der Waals surface area (Å²) in [6.07, 6.45) is 2.15. The van der Waals surface area contributed by atoms with Crippen LogP contribution in [0.5, 0.6) is 0 Å². The van der Waals surface area contributed by atoms with Crippen LogP contribution in [0, 0.1) is 0 Å². The Morgan fingerprint density at radius 3 is 2.33 bits per heavy atom. The molecule has 0 aromatic rings. The van der Waals surface area contributed by atoms with Crippen LogP contribution in [0.25, 0.3) is 0 Å². The molecule has 1 saturated carbocycles. The van der Waals surface area contributed by atoms with Crippen LogP contribution in [0.4, 0.5) is 0 Å². The molecule has 0 amide bonds. The van der Waals surface area contributed by atoms with Crippen molar-refractivity contribution in [3.63, 3.8) is 0 Å². The van der Waals surface area contributed by atoms with Crippen LogP contribution in [0.3, 0.4) is 0 Å². The third-order valence-electron chi connectivity index (χ3n) is 6.51. The number of nitrogens with zero attached hydrogens (tertiary/aromatic N) is 1. The number of morpholine rings is 1. The predicted molar refractivity (Wildman–Crippen MR) is 79.1 cm³/mol. The molecular formula is C15H26BNO4. The Kier molecular flexibility index (Phi) is 2.78. The van der Waals surface area contributed by atoms with E-state index in [0.717, 1.165) is 32.5 Å². The highest BCUT2D eigenvalue weighted by atomic mass is 16.7. The molecule has 1 N–H and O–H groups in total. The molecule has 0 radical (unpaired) electrons. The van der Waals surface area contributed by atoms with Gasteiger partial charge in [-0.25, -0.2) is 0 Å². The number of aliphatic hydroxyl groups excluding tert-OH is 1. The normalized spacial score (nSPS) is 47.3. The first-order valence-electron chi connectivity index (χ1n) is 8.05. The minimum atomic E-state index is -0.262. The van der Waals surface area contributed by atoms with Gasteiger partial charge in [-0.2, -0.15) is 0 Å². The zero-order valence-corrected chi connectivity index (χ0v) is 13.5. The highest BCUT2D eigenvalue weighted by molar-refractivity contribution is 6.50. The first kappa shape index (κ1) is 14.5. The molecule has 5 nitrogen and oxygen atoms in total. The van der Waals surface area contributed by atoms with Crippen molar-refractivity contribution in [1.82, 2.24) is 4.90 Å². The van der Waals surface area contributed by atoms with Crippen LogP contribution in [-0.4, -0.2) is 66.3 Å². The minimum absolute atomic E-state index is 0.0367. The summed E-state index contributed by atoms with van der Waals surface area (Å²) in [4.78, 5) is 2.50. The van der Waals surface area contributed by atoms with Crippen LogP contribution in [0.1, 0.15) is 40.5 Å². The molecule has 0 aromatic heterocycles. The van der Waals surface area contributed by atoms with Gasteiger partial charge >= 0.3 is 7.12 Å². The van der Waals surface area contributed by atoms with Crippen LogP contribution in [-0.2, 0) is 14.0 Å². The van der Waals surface area contributed by atoms with E-state index in [9.17, 15) is 5.11 Å². The number of hydrogen-bond donors (Lipinski definition) is 1. The summed E-state index contributed by atoms with van der Waals surface area (Å²) in [5.74, 6) is 0. The van der Waals surface area contributed by atoms with Crippen molar-refractivity contribution >= 4 is 7.12 Å². The predicted octanol–water partition coefficient (Wildman–Crippen LogP) is 1.06. The zero-order chi connectivity index (χ0) is 15.1. The van der Waals surface area contributed by atoms with Crippen molar-refractivity contribution in [2.24, 2.45) is 0 Å². The van der Waals surface area contributed by atoms with Gasteiger partial charge in [-0.1, -0.05) is 0 Å². The molecule has 0 aromatic carbocycles. The maximum Gasteiger partial charge on any atom is 0.465 e. The van der Waals surface area contributed by atoms with E-state index in [1.54, 1.807) is 0 Å². The van der Waals surface area contributed by atoms with Gasteiger partial charge in [0.1, 0.15) is 0 Å². The summed E-state index contributed by atoms with van der Waals surface area (Å²) in [6.45, 7) is 11.1. The molecule has 1 unspecified atom stereocenters. The van der Waals surface area contributed by atoms with Gasteiger partial charge in [-0.15, -0.1) is 0 Å². The third kappa shape index (κ3) is 1.77. The van der Waals surface area contributed by atoms with Crippen molar-refractivity contribution < 1.29 is 19.2 Å². The largest absolute Gasteiger partial charge is 0.465 e. The second-order valence-electron chi connectivity index (χ2n) is 8.52. The third-order valence-corrected chi connectivity index (χ3v) is 6.51. The molecule has 6 heteroatoms. The topological polar surface area (TPSA) is 51.2 Å². The van der Waals surface area contributed by atoms with Gasteiger partial charge in [0.15, 0.2) is 0 Å². The Morgan fingerprint density at radius 1 is 1.14 bits per heavy atom. The molecule has 1 spiro atoms. The van der Waals surface area contributed by atoms with Crippen molar-refractivity contribution in [2.75, 3.05) is 26.3 Å². The summed E-state index contributed by atoms with van der Waals surface area (Å²) >= 11 is 0. The van der Waals surface area contributed by atoms with Crippen LogP contribution in [0.2, 0.25) is 5.31 Å². The lowest BCUT2D eigenvalue weighted by atomic mass is 9.44. The maximum absolute atomic E-state index is 9.32. The average molecular weight is 295 g/mol. The highest BCUT2D eigenvalue weighted by Gasteiger charge is 2.74. The summed E-state index contributed by atoms with van der Waals surface area (Å²) in [7, 11) is -0.119. The lowest BCUT2D eigenvalue weighted by molar-refractivity contribution is -0.117. The lowest BCUT2D eigenvalue weighted by Crippen LogP contribution is -2.59. The van der Waals surface area contributed by atoms with Gasteiger partial charge in [-0.3, -0.25) is 4.90 Å². The van der Waals surface area contributed by atoms with E-state index in [1.165, 1.54) is 0 Å². The van der Waals surface area contributed by atoms with Gasteiger partial charge in [0.2, 0.25) is 0 Å². The van der Waals surface area contributed by atoms with Gasteiger partial charge in [0, 0.05) is 23.9 Å². The molecule has 4 aliphatic heterocycles. The monoisotopic (exact) mass is 295 g/mol. The maximum atomic E-state index is 9.32. The van der Waals surface area contributed by atoms with E-state index in [4.69, 9.17) is 14.0 Å². The van der Waals surface area contributed by atoms with E-state index < -0.39 is 0 Å². The van der Waals surface area contributed by atoms with Crippen LogP contribution < -0.4 is 0 Å². The fourth-order valence-corrected chi connectivity index (χ4v) is 4.61. The molecule has 1 atom stereocenters.